The summed E-state index contributed by atoms with van der Waals surface area (Å²) in [5.74, 6) is 0.901. The molecule has 0 radical (unpaired) electrons. The van der Waals surface area contributed by atoms with Gasteiger partial charge in [-0.05, 0) is 63.5 Å². The molecule has 1 nitrogen and oxygen atoms in total. The number of aromatic hydroxyl groups is 1. The number of rotatable bonds is 3. The topological polar surface area (TPSA) is 20.2 Å². The summed E-state index contributed by atoms with van der Waals surface area (Å²) >= 11 is 3.39. The van der Waals surface area contributed by atoms with Crippen molar-refractivity contribution < 1.29 is 5.11 Å². The SMILES string of the molecule is Cc1cc(Cc2ccc(C(C)C)cc2)cc(Br)c1O. The minimum absolute atomic E-state index is 0.332. The van der Waals surface area contributed by atoms with Gasteiger partial charge in [-0.3, -0.25) is 0 Å². The highest BCUT2D eigenvalue weighted by Gasteiger charge is 2.06. The first-order valence-electron chi connectivity index (χ1n) is 6.54. The summed E-state index contributed by atoms with van der Waals surface area (Å²) in [6, 6.07) is 12.8. The first-order chi connectivity index (χ1) is 8.97. The van der Waals surface area contributed by atoms with Crippen molar-refractivity contribution in [3.63, 3.8) is 0 Å². The second-order valence-electron chi connectivity index (χ2n) is 5.32. The Balaban J connectivity index is 2.21. The van der Waals surface area contributed by atoms with E-state index >= 15 is 0 Å². The molecule has 2 aromatic rings. The van der Waals surface area contributed by atoms with Crippen molar-refractivity contribution in [1.82, 2.24) is 0 Å². The van der Waals surface area contributed by atoms with Gasteiger partial charge < -0.3 is 5.11 Å². The van der Waals surface area contributed by atoms with E-state index in [1.807, 2.05) is 19.1 Å². The standard InChI is InChI=1S/C17H19BrO/c1-11(2)15-6-4-13(5-7-15)9-14-8-12(3)17(19)16(18)10-14/h4-8,10-11,19H,9H2,1-3H3. The molecule has 0 amide bonds. The highest BCUT2D eigenvalue weighted by molar-refractivity contribution is 9.10. The lowest BCUT2D eigenvalue weighted by molar-refractivity contribution is 0.467. The fraction of sp³-hybridized carbons (Fsp3) is 0.294. The smallest absolute Gasteiger partial charge is 0.132 e. The maximum atomic E-state index is 9.75. The maximum Gasteiger partial charge on any atom is 0.132 e. The molecule has 19 heavy (non-hydrogen) atoms. The molecule has 0 fully saturated rings. The Bertz CT molecular complexity index is 547. The van der Waals surface area contributed by atoms with Crippen molar-refractivity contribution in [3.8, 4) is 5.75 Å². The van der Waals surface area contributed by atoms with E-state index in [-0.39, 0.29) is 0 Å². The van der Waals surface area contributed by atoms with Crippen molar-refractivity contribution in [2.75, 3.05) is 0 Å². The third kappa shape index (κ3) is 3.38. The van der Waals surface area contributed by atoms with E-state index < -0.39 is 0 Å². The van der Waals surface area contributed by atoms with Gasteiger partial charge in [0.15, 0.2) is 0 Å². The molecule has 0 bridgehead atoms. The molecule has 0 saturated carbocycles. The molecule has 2 aromatic carbocycles. The lowest BCUT2D eigenvalue weighted by atomic mass is 9.98. The van der Waals surface area contributed by atoms with Crippen LogP contribution >= 0.6 is 15.9 Å². The number of phenols is 1. The van der Waals surface area contributed by atoms with Crippen LogP contribution in [0.25, 0.3) is 0 Å². The van der Waals surface area contributed by atoms with Gasteiger partial charge in [0.25, 0.3) is 0 Å². The molecule has 0 heterocycles. The van der Waals surface area contributed by atoms with Gasteiger partial charge >= 0.3 is 0 Å². The zero-order chi connectivity index (χ0) is 14.0. The average Bonchev–Trinajstić information content (AvgIpc) is 2.36. The van der Waals surface area contributed by atoms with Crippen LogP contribution < -0.4 is 0 Å². The molecular formula is C17H19BrO. The fourth-order valence-electron chi connectivity index (χ4n) is 2.17. The Kier molecular flexibility index (Phi) is 4.31. The van der Waals surface area contributed by atoms with E-state index in [2.05, 4.69) is 54.0 Å². The van der Waals surface area contributed by atoms with Gasteiger partial charge in [0.05, 0.1) is 4.47 Å². The number of hydrogen-bond acceptors (Lipinski definition) is 1. The Morgan fingerprint density at radius 2 is 1.68 bits per heavy atom. The second kappa shape index (κ2) is 5.79. The van der Waals surface area contributed by atoms with Crippen LogP contribution in [0.3, 0.4) is 0 Å². The number of hydrogen-bond donors (Lipinski definition) is 1. The van der Waals surface area contributed by atoms with Crippen molar-refractivity contribution in [3.05, 3.63) is 63.1 Å². The van der Waals surface area contributed by atoms with Gasteiger partial charge in [0.1, 0.15) is 5.75 Å². The summed E-state index contributed by atoms with van der Waals surface area (Å²) in [6.45, 7) is 6.33. The number of phenolic OH excluding ortho intramolecular Hbond substituents is 1. The molecule has 0 atom stereocenters. The molecule has 0 aromatic heterocycles. The normalized spacial score (nSPS) is 11.0. The Labute approximate surface area is 123 Å². The minimum atomic E-state index is 0.332. The van der Waals surface area contributed by atoms with Crippen LogP contribution in [0.1, 0.15) is 42.0 Å². The molecule has 2 rings (SSSR count). The predicted molar refractivity (Wildman–Crippen MR) is 83.9 cm³/mol. The van der Waals surface area contributed by atoms with Gasteiger partial charge in [-0.15, -0.1) is 0 Å². The van der Waals surface area contributed by atoms with Crippen molar-refractivity contribution in [1.29, 1.82) is 0 Å². The van der Waals surface area contributed by atoms with E-state index in [9.17, 15) is 5.11 Å². The Hall–Kier alpha value is -1.28. The zero-order valence-electron chi connectivity index (χ0n) is 11.6. The maximum absolute atomic E-state index is 9.75. The van der Waals surface area contributed by atoms with Crippen LogP contribution in [0.15, 0.2) is 40.9 Å². The predicted octanol–water partition coefficient (Wildman–Crippen LogP) is 5.18. The van der Waals surface area contributed by atoms with E-state index in [1.165, 1.54) is 16.7 Å². The van der Waals surface area contributed by atoms with E-state index in [1.54, 1.807) is 0 Å². The Morgan fingerprint density at radius 1 is 1.05 bits per heavy atom. The molecule has 0 unspecified atom stereocenters. The summed E-state index contributed by atoms with van der Waals surface area (Å²) in [7, 11) is 0. The molecule has 0 spiro atoms. The van der Waals surface area contributed by atoms with Gasteiger partial charge in [-0.25, -0.2) is 0 Å². The first-order valence-corrected chi connectivity index (χ1v) is 7.33. The summed E-state index contributed by atoms with van der Waals surface area (Å²) in [6.07, 6.45) is 0.887. The highest BCUT2D eigenvalue weighted by atomic mass is 79.9. The van der Waals surface area contributed by atoms with Crippen LogP contribution in [0.5, 0.6) is 5.75 Å². The summed E-state index contributed by atoms with van der Waals surface area (Å²) in [5, 5.41) is 9.75. The van der Waals surface area contributed by atoms with Crippen LogP contribution in [0.2, 0.25) is 0 Å². The average molecular weight is 319 g/mol. The highest BCUT2D eigenvalue weighted by Crippen LogP contribution is 2.29. The van der Waals surface area contributed by atoms with E-state index in [0.29, 0.717) is 11.7 Å². The second-order valence-corrected chi connectivity index (χ2v) is 6.17. The molecular weight excluding hydrogens is 300 g/mol. The lowest BCUT2D eigenvalue weighted by Gasteiger charge is -2.09. The zero-order valence-corrected chi connectivity index (χ0v) is 13.2. The summed E-state index contributed by atoms with van der Waals surface area (Å²) in [4.78, 5) is 0. The number of aryl methyl sites for hydroxylation is 1. The van der Waals surface area contributed by atoms with E-state index in [0.717, 1.165) is 16.5 Å². The van der Waals surface area contributed by atoms with E-state index in [4.69, 9.17) is 0 Å². The molecule has 0 aliphatic rings. The van der Waals surface area contributed by atoms with Crippen LogP contribution in [0.4, 0.5) is 0 Å². The Morgan fingerprint density at radius 3 is 2.21 bits per heavy atom. The third-order valence-electron chi connectivity index (χ3n) is 3.37. The largest absolute Gasteiger partial charge is 0.506 e. The first kappa shape index (κ1) is 14.1. The van der Waals surface area contributed by atoms with Crippen LogP contribution in [0, 0.1) is 6.92 Å². The van der Waals surface area contributed by atoms with Crippen LogP contribution in [-0.4, -0.2) is 5.11 Å². The fourth-order valence-corrected chi connectivity index (χ4v) is 2.77. The van der Waals surface area contributed by atoms with Gasteiger partial charge in [0.2, 0.25) is 0 Å². The van der Waals surface area contributed by atoms with Crippen molar-refractivity contribution in [2.45, 2.75) is 33.1 Å². The summed E-state index contributed by atoms with van der Waals surface area (Å²) in [5.41, 5.74) is 4.77. The lowest BCUT2D eigenvalue weighted by Crippen LogP contribution is -1.92. The molecule has 0 aliphatic heterocycles. The quantitative estimate of drug-likeness (QED) is 0.827. The summed E-state index contributed by atoms with van der Waals surface area (Å²) < 4.78 is 0.765. The van der Waals surface area contributed by atoms with Gasteiger partial charge in [0, 0.05) is 0 Å². The number of halogens is 1. The monoisotopic (exact) mass is 318 g/mol. The molecule has 0 aliphatic carbocycles. The molecule has 1 N–H and O–H groups in total. The minimum Gasteiger partial charge on any atom is -0.506 e. The molecule has 100 valence electrons. The third-order valence-corrected chi connectivity index (χ3v) is 3.97. The van der Waals surface area contributed by atoms with Crippen molar-refractivity contribution in [2.24, 2.45) is 0 Å². The van der Waals surface area contributed by atoms with Crippen molar-refractivity contribution >= 4 is 15.9 Å². The molecule has 2 heteroatoms. The van der Waals surface area contributed by atoms with Crippen LogP contribution in [-0.2, 0) is 6.42 Å². The molecule has 0 saturated heterocycles. The number of benzene rings is 2. The van der Waals surface area contributed by atoms with Gasteiger partial charge in [-0.2, -0.15) is 0 Å². The van der Waals surface area contributed by atoms with Gasteiger partial charge in [-0.1, -0.05) is 44.2 Å².